The fourth-order valence-electron chi connectivity index (χ4n) is 3.03. The number of likely N-dealkylation sites (tertiary alicyclic amines) is 1. The van der Waals surface area contributed by atoms with Crippen molar-refractivity contribution in [3.63, 3.8) is 0 Å². The van der Waals surface area contributed by atoms with E-state index in [2.05, 4.69) is 37.0 Å². The zero-order chi connectivity index (χ0) is 16.1. The number of rotatable bonds is 4. The van der Waals surface area contributed by atoms with Crippen LogP contribution in [0.25, 0.3) is 0 Å². The molecule has 0 saturated carbocycles. The van der Waals surface area contributed by atoms with Crippen LogP contribution in [-0.4, -0.2) is 36.3 Å². The molecule has 0 radical (unpaired) electrons. The third-order valence-corrected chi connectivity index (χ3v) is 4.20. The second kappa shape index (κ2) is 7.25. The number of amides is 2. The molecule has 0 aromatic heterocycles. The Kier molecular flexibility index (Phi) is 5.36. The van der Waals surface area contributed by atoms with E-state index in [0.29, 0.717) is 19.6 Å². The normalized spacial score (nSPS) is 21.3. The summed E-state index contributed by atoms with van der Waals surface area (Å²) in [6.45, 7) is 8.89. The van der Waals surface area contributed by atoms with Crippen molar-refractivity contribution in [1.29, 1.82) is 0 Å². The highest BCUT2D eigenvalue weighted by Crippen LogP contribution is 2.31. The largest absolute Gasteiger partial charge is 0.352 e. The van der Waals surface area contributed by atoms with Gasteiger partial charge in [0.05, 0.1) is 5.92 Å². The lowest BCUT2D eigenvalue weighted by Crippen LogP contribution is -2.47. The van der Waals surface area contributed by atoms with Crippen LogP contribution < -0.4 is 5.32 Å². The fraction of sp³-hybridized carbons (Fsp3) is 0.444. The molecule has 1 N–H and O–H groups in total. The smallest absolute Gasteiger partial charge is 0.225 e. The number of hydrogen-bond acceptors (Lipinski definition) is 2. The van der Waals surface area contributed by atoms with Crippen LogP contribution >= 0.6 is 0 Å². The summed E-state index contributed by atoms with van der Waals surface area (Å²) in [4.78, 5) is 25.9. The first-order chi connectivity index (χ1) is 10.5. The van der Waals surface area contributed by atoms with Crippen LogP contribution in [0.3, 0.4) is 0 Å². The zero-order valence-corrected chi connectivity index (χ0v) is 13.3. The van der Waals surface area contributed by atoms with Gasteiger partial charge in [0.15, 0.2) is 0 Å². The van der Waals surface area contributed by atoms with Gasteiger partial charge in [0.1, 0.15) is 0 Å². The van der Waals surface area contributed by atoms with E-state index in [0.717, 1.165) is 6.42 Å². The number of nitrogens with zero attached hydrogens (tertiary/aromatic N) is 1. The zero-order valence-electron chi connectivity index (χ0n) is 13.3. The van der Waals surface area contributed by atoms with Gasteiger partial charge >= 0.3 is 0 Å². The van der Waals surface area contributed by atoms with Crippen molar-refractivity contribution >= 4 is 11.8 Å². The van der Waals surface area contributed by atoms with Gasteiger partial charge in [0.2, 0.25) is 11.8 Å². The first-order valence-electron chi connectivity index (χ1n) is 7.72. The molecule has 2 atom stereocenters. The lowest BCUT2D eigenvalue weighted by molar-refractivity contribution is -0.134. The number of piperidine rings is 1. The van der Waals surface area contributed by atoms with Crippen LogP contribution in [0.1, 0.15) is 30.4 Å². The molecule has 2 amide bonds. The molecular formula is C18H24N2O2. The summed E-state index contributed by atoms with van der Waals surface area (Å²) in [7, 11) is 0. The molecule has 1 fully saturated rings. The molecule has 1 aliphatic heterocycles. The summed E-state index contributed by atoms with van der Waals surface area (Å²) < 4.78 is 0. The Morgan fingerprint density at radius 1 is 1.41 bits per heavy atom. The number of carbonyl (C=O) groups is 2. The molecule has 1 aromatic rings. The first-order valence-corrected chi connectivity index (χ1v) is 7.72. The fourth-order valence-corrected chi connectivity index (χ4v) is 3.03. The van der Waals surface area contributed by atoms with E-state index in [-0.39, 0.29) is 23.7 Å². The maximum atomic E-state index is 12.3. The summed E-state index contributed by atoms with van der Waals surface area (Å²) >= 11 is 0. The van der Waals surface area contributed by atoms with E-state index < -0.39 is 0 Å². The van der Waals surface area contributed by atoms with Gasteiger partial charge in [-0.25, -0.2) is 0 Å². The van der Waals surface area contributed by atoms with Crippen LogP contribution in [-0.2, 0) is 9.59 Å². The monoisotopic (exact) mass is 300 g/mol. The van der Waals surface area contributed by atoms with Crippen LogP contribution in [0, 0.1) is 12.8 Å². The number of aryl methyl sites for hydroxylation is 1. The van der Waals surface area contributed by atoms with Gasteiger partial charge in [0, 0.05) is 32.5 Å². The Bertz CT molecular complexity index is 568. The number of nitrogens with one attached hydrogen (secondary N) is 1. The molecule has 2 unspecified atom stereocenters. The van der Waals surface area contributed by atoms with Gasteiger partial charge in [-0.05, 0) is 18.9 Å². The SMILES string of the molecule is C=CCNC(=O)C1CC(c2cccc(C)c2)CN(C(C)=O)C1. The van der Waals surface area contributed by atoms with Crippen molar-refractivity contribution in [2.24, 2.45) is 5.92 Å². The van der Waals surface area contributed by atoms with Crippen LogP contribution in [0.4, 0.5) is 0 Å². The Balaban J connectivity index is 2.17. The average molecular weight is 300 g/mol. The lowest BCUT2D eigenvalue weighted by atomic mass is 9.83. The predicted octanol–water partition coefficient (Wildman–Crippen LogP) is 2.25. The molecule has 2 rings (SSSR count). The highest BCUT2D eigenvalue weighted by atomic mass is 16.2. The molecule has 0 spiro atoms. The lowest BCUT2D eigenvalue weighted by Gasteiger charge is -2.37. The van der Waals surface area contributed by atoms with Gasteiger partial charge in [-0.3, -0.25) is 9.59 Å². The Hall–Kier alpha value is -2.10. The molecule has 0 aliphatic carbocycles. The standard InChI is InChI=1S/C18H24N2O2/c1-4-8-19-18(22)17-10-16(11-20(12-17)14(3)21)15-7-5-6-13(2)9-15/h4-7,9,16-17H,1,8,10-12H2,2-3H3,(H,19,22). The van der Waals surface area contributed by atoms with Crippen LogP contribution in [0.5, 0.6) is 0 Å². The van der Waals surface area contributed by atoms with Crippen molar-refractivity contribution in [1.82, 2.24) is 10.2 Å². The third-order valence-electron chi connectivity index (χ3n) is 4.20. The quantitative estimate of drug-likeness (QED) is 0.867. The van der Waals surface area contributed by atoms with E-state index in [1.165, 1.54) is 11.1 Å². The Labute approximate surface area is 132 Å². The highest BCUT2D eigenvalue weighted by molar-refractivity contribution is 5.81. The average Bonchev–Trinajstić information content (AvgIpc) is 2.52. The molecule has 0 bridgehead atoms. The van der Waals surface area contributed by atoms with E-state index in [9.17, 15) is 9.59 Å². The molecule has 1 aliphatic rings. The first kappa shape index (κ1) is 16.3. The summed E-state index contributed by atoms with van der Waals surface area (Å²) in [6.07, 6.45) is 2.44. The van der Waals surface area contributed by atoms with Crippen molar-refractivity contribution in [3.8, 4) is 0 Å². The summed E-state index contributed by atoms with van der Waals surface area (Å²) in [6, 6.07) is 8.32. The molecule has 4 nitrogen and oxygen atoms in total. The van der Waals surface area contributed by atoms with Gasteiger partial charge < -0.3 is 10.2 Å². The molecule has 118 valence electrons. The van der Waals surface area contributed by atoms with E-state index in [4.69, 9.17) is 0 Å². The molecule has 1 aromatic carbocycles. The van der Waals surface area contributed by atoms with Gasteiger partial charge in [-0.1, -0.05) is 35.9 Å². The van der Waals surface area contributed by atoms with Gasteiger partial charge in [-0.15, -0.1) is 6.58 Å². The minimum atomic E-state index is -0.164. The number of hydrogen-bond donors (Lipinski definition) is 1. The summed E-state index contributed by atoms with van der Waals surface area (Å²) in [5.41, 5.74) is 2.40. The molecule has 1 saturated heterocycles. The Morgan fingerprint density at radius 2 is 2.18 bits per heavy atom. The van der Waals surface area contributed by atoms with Crippen LogP contribution in [0.15, 0.2) is 36.9 Å². The van der Waals surface area contributed by atoms with Crippen LogP contribution in [0.2, 0.25) is 0 Å². The van der Waals surface area contributed by atoms with E-state index in [1.54, 1.807) is 17.9 Å². The van der Waals surface area contributed by atoms with Crippen molar-refractivity contribution in [2.45, 2.75) is 26.2 Å². The number of benzene rings is 1. The van der Waals surface area contributed by atoms with Gasteiger partial charge in [0.25, 0.3) is 0 Å². The topological polar surface area (TPSA) is 49.4 Å². The third kappa shape index (κ3) is 3.97. The highest BCUT2D eigenvalue weighted by Gasteiger charge is 2.33. The second-order valence-corrected chi connectivity index (χ2v) is 6.00. The predicted molar refractivity (Wildman–Crippen MR) is 87.5 cm³/mol. The minimum Gasteiger partial charge on any atom is -0.352 e. The van der Waals surface area contributed by atoms with Crippen molar-refractivity contribution in [3.05, 3.63) is 48.0 Å². The van der Waals surface area contributed by atoms with Crippen molar-refractivity contribution in [2.75, 3.05) is 19.6 Å². The molecule has 4 heteroatoms. The summed E-state index contributed by atoms with van der Waals surface area (Å²) in [5, 5.41) is 2.85. The molecular weight excluding hydrogens is 276 g/mol. The number of carbonyl (C=O) groups excluding carboxylic acids is 2. The van der Waals surface area contributed by atoms with E-state index >= 15 is 0 Å². The molecule has 1 heterocycles. The maximum absolute atomic E-state index is 12.3. The minimum absolute atomic E-state index is 0.00324. The summed E-state index contributed by atoms with van der Waals surface area (Å²) in [5.74, 6) is 0.0718. The van der Waals surface area contributed by atoms with Crippen molar-refractivity contribution < 1.29 is 9.59 Å². The maximum Gasteiger partial charge on any atom is 0.225 e. The Morgan fingerprint density at radius 3 is 2.82 bits per heavy atom. The second-order valence-electron chi connectivity index (χ2n) is 6.00. The van der Waals surface area contributed by atoms with E-state index in [1.807, 2.05) is 6.07 Å². The molecule has 22 heavy (non-hydrogen) atoms. The van der Waals surface area contributed by atoms with Gasteiger partial charge in [-0.2, -0.15) is 0 Å².